The Morgan fingerprint density at radius 3 is 2.50 bits per heavy atom. The highest BCUT2D eigenvalue weighted by molar-refractivity contribution is 5.83. The summed E-state index contributed by atoms with van der Waals surface area (Å²) >= 11 is 0. The lowest BCUT2D eigenvalue weighted by atomic mass is 9.84. The van der Waals surface area contributed by atoms with Crippen molar-refractivity contribution in [3.63, 3.8) is 0 Å². The fourth-order valence-corrected chi connectivity index (χ4v) is 4.12. The summed E-state index contributed by atoms with van der Waals surface area (Å²) in [6.07, 6.45) is 5.86. The molecular weight excluding hydrogens is 280 g/mol. The van der Waals surface area contributed by atoms with Gasteiger partial charge in [-0.2, -0.15) is 0 Å². The van der Waals surface area contributed by atoms with Crippen molar-refractivity contribution in [1.29, 1.82) is 0 Å². The van der Waals surface area contributed by atoms with E-state index in [0.29, 0.717) is 24.3 Å². The number of carbonyl (C=O) groups excluding carboxylic acids is 2. The third kappa shape index (κ3) is 2.53. The molecule has 118 valence electrons. The van der Waals surface area contributed by atoms with Gasteiger partial charge in [0.25, 0.3) is 0 Å². The fraction of sp³-hybridized carbons (Fsp3) is 0.647. The fourth-order valence-electron chi connectivity index (χ4n) is 4.12. The first kappa shape index (κ1) is 13.9. The molecule has 1 aliphatic heterocycles. The van der Waals surface area contributed by atoms with Crippen LogP contribution in [0.3, 0.4) is 0 Å². The summed E-state index contributed by atoms with van der Waals surface area (Å²) in [4.78, 5) is 26.8. The van der Waals surface area contributed by atoms with Gasteiger partial charge in [0.2, 0.25) is 11.8 Å². The number of furan rings is 1. The van der Waals surface area contributed by atoms with Crippen molar-refractivity contribution in [1.82, 2.24) is 10.2 Å². The smallest absolute Gasteiger partial charge is 0.225 e. The minimum atomic E-state index is 0.0678. The SMILES string of the molecule is O=C(NCc1ccco1)C1C2CCC1CN(C(=O)C1CC1)C2. The summed E-state index contributed by atoms with van der Waals surface area (Å²) in [6, 6.07) is 3.69. The van der Waals surface area contributed by atoms with Crippen LogP contribution >= 0.6 is 0 Å². The molecule has 5 nitrogen and oxygen atoms in total. The molecule has 2 amide bonds. The van der Waals surface area contributed by atoms with Crippen molar-refractivity contribution in [3.05, 3.63) is 24.2 Å². The Kier molecular flexibility index (Phi) is 3.43. The first-order valence-electron chi connectivity index (χ1n) is 8.31. The van der Waals surface area contributed by atoms with Crippen molar-refractivity contribution >= 4 is 11.8 Å². The molecule has 22 heavy (non-hydrogen) atoms. The van der Waals surface area contributed by atoms with Crippen LogP contribution in [0.5, 0.6) is 0 Å². The van der Waals surface area contributed by atoms with Gasteiger partial charge in [0.15, 0.2) is 0 Å². The quantitative estimate of drug-likeness (QED) is 0.922. The van der Waals surface area contributed by atoms with Crippen LogP contribution in [0, 0.1) is 23.7 Å². The Labute approximate surface area is 130 Å². The van der Waals surface area contributed by atoms with Gasteiger partial charge in [-0.3, -0.25) is 9.59 Å². The Bertz CT molecular complexity index is 550. The lowest BCUT2D eigenvalue weighted by Gasteiger charge is -2.37. The molecule has 4 rings (SSSR count). The van der Waals surface area contributed by atoms with Crippen LogP contribution in [0.25, 0.3) is 0 Å². The zero-order chi connectivity index (χ0) is 15.1. The van der Waals surface area contributed by atoms with Gasteiger partial charge in [-0.1, -0.05) is 0 Å². The highest BCUT2D eigenvalue weighted by atomic mass is 16.3. The van der Waals surface area contributed by atoms with Gasteiger partial charge in [0.05, 0.1) is 12.8 Å². The maximum absolute atomic E-state index is 12.5. The standard InChI is InChI=1S/C17H22N2O3/c20-16(18-8-14-2-1-7-22-14)15-12-5-6-13(15)10-19(9-12)17(21)11-3-4-11/h1-2,7,11-13,15H,3-6,8-10H2,(H,18,20). The largest absolute Gasteiger partial charge is 0.467 e. The third-order valence-corrected chi connectivity index (χ3v) is 5.39. The number of hydrogen-bond acceptors (Lipinski definition) is 3. The number of amides is 2. The minimum absolute atomic E-state index is 0.0678. The predicted molar refractivity (Wildman–Crippen MR) is 79.6 cm³/mol. The second kappa shape index (κ2) is 5.45. The molecule has 2 bridgehead atoms. The second-order valence-corrected chi connectivity index (χ2v) is 6.94. The van der Waals surface area contributed by atoms with Crippen LogP contribution in [0.4, 0.5) is 0 Å². The molecule has 1 saturated heterocycles. The third-order valence-electron chi connectivity index (χ3n) is 5.39. The molecule has 2 aliphatic carbocycles. The van der Waals surface area contributed by atoms with E-state index in [-0.39, 0.29) is 17.7 Å². The van der Waals surface area contributed by atoms with Gasteiger partial charge in [-0.25, -0.2) is 0 Å². The van der Waals surface area contributed by atoms with Crippen molar-refractivity contribution in [2.75, 3.05) is 13.1 Å². The normalized spacial score (nSPS) is 30.4. The lowest BCUT2D eigenvalue weighted by molar-refractivity contribution is -0.140. The zero-order valence-electron chi connectivity index (χ0n) is 12.7. The van der Waals surface area contributed by atoms with E-state index in [1.807, 2.05) is 17.0 Å². The van der Waals surface area contributed by atoms with Crippen molar-refractivity contribution in [2.45, 2.75) is 32.2 Å². The molecule has 2 saturated carbocycles. The molecule has 0 aromatic carbocycles. The highest BCUT2D eigenvalue weighted by Gasteiger charge is 2.48. The summed E-state index contributed by atoms with van der Waals surface area (Å²) in [5.74, 6) is 2.24. The van der Waals surface area contributed by atoms with E-state index in [9.17, 15) is 9.59 Å². The molecule has 3 aliphatic rings. The van der Waals surface area contributed by atoms with Crippen molar-refractivity contribution < 1.29 is 14.0 Å². The van der Waals surface area contributed by atoms with E-state index in [1.54, 1.807) is 6.26 Å². The van der Waals surface area contributed by atoms with Gasteiger partial charge in [0, 0.05) is 24.9 Å². The van der Waals surface area contributed by atoms with Gasteiger partial charge >= 0.3 is 0 Å². The van der Waals surface area contributed by atoms with E-state index in [4.69, 9.17) is 4.42 Å². The monoisotopic (exact) mass is 302 g/mol. The average Bonchev–Trinajstić information content (AvgIpc) is 3.18. The van der Waals surface area contributed by atoms with Crippen LogP contribution in [-0.2, 0) is 16.1 Å². The number of rotatable bonds is 4. The van der Waals surface area contributed by atoms with Crippen LogP contribution in [0.15, 0.2) is 22.8 Å². The number of nitrogens with zero attached hydrogens (tertiary/aromatic N) is 1. The average molecular weight is 302 g/mol. The molecule has 2 atom stereocenters. The van der Waals surface area contributed by atoms with Gasteiger partial charge < -0.3 is 14.6 Å². The summed E-state index contributed by atoms with van der Waals surface area (Å²) in [5.41, 5.74) is 0. The number of hydrogen-bond donors (Lipinski definition) is 1. The molecule has 5 heteroatoms. The van der Waals surface area contributed by atoms with Crippen LogP contribution < -0.4 is 5.32 Å². The minimum Gasteiger partial charge on any atom is -0.467 e. The Morgan fingerprint density at radius 1 is 1.18 bits per heavy atom. The van der Waals surface area contributed by atoms with E-state index in [2.05, 4.69) is 5.32 Å². The number of carbonyl (C=O) groups is 2. The molecule has 0 radical (unpaired) electrons. The Hall–Kier alpha value is -1.78. The lowest BCUT2D eigenvalue weighted by Crippen LogP contribution is -2.50. The van der Waals surface area contributed by atoms with Crippen LogP contribution in [0.2, 0.25) is 0 Å². The van der Waals surface area contributed by atoms with E-state index < -0.39 is 0 Å². The maximum Gasteiger partial charge on any atom is 0.225 e. The van der Waals surface area contributed by atoms with Gasteiger partial charge in [0.1, 0.15) is 5.76 Å². The summed E-state index contributed by atoms with van der Waals surface area (Å²) < 4.78 is 5.25. The second-order valence-electron chi connectivity index (χ2n) is 6.94. The van der Waals surface area contributed by atoms with Gasteiger partial charge in [-0.05, 0) is 49.7 Å². The van der Waals surface area contributed by atoms with Gasteiger partial charge in [-0.15, -0.1) is 0 Å². The number of piperidine rings is 1. The summed E-state index contributed by atoms with van der Waals surface area (Å²) in [5, 5.41) is 3.00. The van der Waals surface area contributed by atoms with E-state index in [0.717, 1.165) is 44.5 Å². The first-order valence-corrected chi connectivity index (χ1v) is 8.31. The number of nitrogens with one attached hydrogen (secondary N) is 1. The number of likely N-dealkylation sites (tertiary alicyclic amines) is 1. The molecular formula is C17H22N2O3. The number of fused-ring (bicyclic) bond motifs is 2. The highest BCUT2D eigenvalue weighted by Crippen LogP contribution is 2.43. The molecule has 2 heterocycles. The molecule has 0 spiro atoms. The van der Waals surface area contributed by atoms with Crippen molar-refractivity contribution in [2.24, 2.45) is 23.7 Å². The summed E-state index contributed by atoms with van der Waals surface area (Å²) in [6.45, 7) is 1.99. The van der Waals surface area contributed by atoms with E-state index in [1.165, 1.54) is 0 Å². The maximum atomic E-state index is 12.5. The van der Waals surface area contributed by atoms with Crippen molar-refractivity contribution in [3.8, 4) is 0 Å². The molecule has 2 unspecified atom stereocenters. The molecule has 1 aromatic rings. The Balaban J connectivity index is 1.37. The predicted octanol–water partition coefficient (Wildman–Crippen LogP) is 1.79. The van der Waals surface area contributed by atoms with Crippen LogP contribution in [-0.4, -0.2) is 29.8 Å². The molecule has 3 fully saturated rings. The van der Waals surface area contributed by atoms with E-state index >= 15 is 0 Å². The zero-order valence-corrected chi connectivity index (χ0v) is 12.7. The topological polar surface area (TPSA) is 62.6 Å². The first-order chi connectivity index (χ1) is 10.7. The van der Waals surface area contributed by atoms with Crippen LogP contribution in [0.1, 0.15) is 31.4 Å². The Morgan fingerprint density at radius 2 is 1.91 bits per heavy atom. The molecule has 1 N–H and O–H groups in total. The molecule has 1 aromatic heterocycles. The summed E-state index contributed by atoms with van der Waals surface area (Å²) in [7, 11) is 0.